The Morgan fingerprint density at radius 3 is 1.97 bits per heavy atom. The number of furan rings is 1. The van der Waals surface area contributed by atoms with Crippen LogP contribution in [0.3, 0.4) is 0 Å². The van der Waals surface area contributed by atoms with Crippen molar-refractivity contribution in [3.63, 3.8) is 0 Å². The number of benzene rings is 9. The molecule has 312 valence electrons. The molecular formula is C61H41N3OS. The van der Waals surface area contributed by atoms with E-state index >= 15 is 0 Å². The summed E-state index contributed by atoms with van der Waals surface area (Å²) < 4.78 is 8.89. The smallest absolute Gasteiger partial charge is 0.180 e. The molecule has 0 radical (unpaired) electrons. The average Bonchev–Trinajstić information content (AvgIpc) is 4.02. The highest BCUT2D eigenvalue weighted by atomic mass is 32.1. The lowest BCUT2D eigenvalue weighted by molar-refractivity contribution is 0.660. The van der Waals surface area contributed by atoms with Crippen LogP contribution >= 0.6 is 11.3 Å². The minimum absolute atomic E-state index is 0.126. The van der Waals surface area contributed by atoms with Gasteiger partial charge in [-0.15, -0.1) is 11.3 Å². The van der Waals surface area contributed by atoms with E-state index in [0.717, 1.165) is 55.9 Å². The van der Waals surface area contributed by atoms with Crippen LogP contribution in [0.2, 0.25) is 0 Å². The first-order chi connectivity index (χ1) is 32.5. The van der Waals surface area contributed by atoms with Gasteiger partial charge >= 0.3 is 0 Å². The van der Waals surface area contributed by atoms with Crippen molar-refractivity contribution in [2.45, 2.75) is 19.3 Å². The van der Waals surface area contributed by atoms with Crippen LogP contribution in [0.4, 0.5) is 17.1 Å². The predicted octanol–water partition coefficient (Wildman–Crippen LogP) is 17.2. The van der Waals surface area contributed by atoms with Gasteiger partial charge in [-0.05, 0) is 105 Å². The van der Waals surface area contributed by atoms with Gasteiger partial charge in [0.1, 0.15) is 16.8 Å². The van der Waals surface area contributed by atoms with Crippen molar-refractivity contribution in [1.82, 2.24) is 9.97 Å². The normalized spacial score (nSPS) is 12.8. The highest BCUT2D eigenvalue weighted by molar-refractivity contribution is 7.26. The first kappa shape index (κ1) is 38.3. The molecule has 0 saturated carbocycles. The van der Waals surface area contributed by atoms with E-state index < -0.39 is 0 Å². The van der Waals surface area contributed by atoms with Gasteiger partial charge in [-0.25, -0.2) is 9.97 Å². The maximum Gasteiger partial charge on any atom is 0.180 e. The standard InChI is InChI=1S/C61H41N3OS/c1-61(2)51-27-11-9-24-47(51)48-32-30-44(36-52(48)61)64(43-23-14-20-40(35-43)38-16-5-3-6-17-38)45-31-33-50-55(37-45)66-54-29-15-26-46(56(50)54)41-21-13-22-42(34-41)60-62-57(39-18-7-4-8-19-39)59-58(63-60)49-25-10-12-28-53(49)65-59/h3-37H,1-2H3. The monoisotopic (exact) mass is 863 g/mol. The summed E-state index contributed by atoms with van der Waals surface area (Å²) in [5.41, 5.74) is 18.3. The molecule has 1 aliphatic carbocycles. The summed E-state index contributed by atoms with van der Waals surface area (Å²) in [6.07, 6.45) is 0. The van der Waals surface area contributed by atoms with Gasteiger partial charge in [0.15, 0.2) is 11.4 Å². The molecule has 0 atom stereocenters. The second kappa shape index (κ2) is 15.0. The molecule has 0 spiro atoms. The van der Waals surface area contributed by atoms with Crippen LogP contribution in [-0.4, -0.2) is 9.97 Å². The van der Waals surface area contributed by atoms with Crippen LogP contribution in [0.5, 0.6) is 0 Å². The Hall–Kier alpha value is -8.12. The lowest BCUT2D eigenvalue weighted by Gasteiger charge is -2.28. The average molecular weight is 864 g/mol. The Balaban J connectivity index is 0.944. The molecule has 12 aromatic rings. The number of nitrogens with zero attached hydrogens (tertiary/aromatic N) is 3. The molecule has 0 unspecified atom stereocenters. The van der Waals surface area contributed by atoms with Crippen LogP contribution < -0.4 is 4.90 Å². The number of thiophene rings is 1. The topological polar surface area (TPSA) is 42.2 Å². The number of fused-ring (bicyclic) bond motifs is 9. The van der Waals surface area contributed by atoms with Gasteiger partial charge in [0.2, 0.25) is 0 Å². The largest absolute Gasteiger partial charge is 0.452 e. The molecule has 0 fully saturated rings. The Labute approximate surface area is 386 Å². The fraction of sp³-hybridized carbons (Fsp3) is 0.0492. The zero-order valence-electron chi connectivity index (χ0n) is 36.4. The number of hydrogen-bond donors (Lipinski definition) is 0. The molecule has 3 heterocycles. The van der Waals surface area contributed by atoms with Crippen molar-refractivity contribution in [2.75, 3.05) is 4.90 Å². The number of aromatic nitrogens is 2. The molecule has 4 nitrogen and oxygen atoms in total. The summed E-state index contributed by atoms with van der Waals surface area (Å²) in [6.45, 7) is 4.71. The number of anilines is 3. The Morgan fingerprint density at radius 1 is 0.439 bits per heavy atom. The SMILES string of the molecule is CC1(C)c2ccccc2-c2ccc(N(c3cccc(-c4ccccc4)c3)c3ccc4c(c3)sc3cccc(-c5cccc(-c6nc(-c7ccccc7)c7oc8ccccc8c7n6)c5)c34)cc21. The van der Waals surface area contributed by atoms with Gasteiger partial charge < -0.3 is 9.32 Å². The molecule has 5 heteroatoms. The molecule has 0 N–H and O–H groups in total. The van der Waals surface area contributed by atoms with Crippen LogP contribution in [0.1, 0.15) is 25.0 Å². The molecule has 0 aliphatic heterocycles. The summed E-state index contributed by atoms with van der Waals surface area (Å²) in [6, 6.07) is 76.2. The molecule has 3 aromatic heterocycles. The first-order valence-electron chi connectivity index (χ1n) is 22.5. The molecule has 0 bridgehead atoms. The van der Waals surface area contributed by atoms with E-state index in [9.17, 15) is 0 Å². The molecule has 0 saturated heterocycles. The number of hydrogen-bond acceptors (Lipinski definition) is 5. The third-order valence-electron chi connectivity index (χ3n) is 13.5. The van der Waals surface area contributed by atoms with E-state index in [4.69, 9.17) is 14.4 Å². The van der Waals surface area contributed by atoms with E-state index in [0.29, 0.717) is 11.4 Å². The van der Waals surface area contributed by atoms with Crippen LogP contribution in [0, 0.1) is 0 Å². The van der Waals surface area contributed by atoms with Crippen LogP contribution in [-0.2, 0) is 5.41 Å². The van der Waals surface area contributed by atoms with Crippen molar-refractivity contribution in [3.8, 4) is 56.0 Å². The minimum Gasteiger partial charge on any atom is -0.452 e. The van der Waals surface area contributed by atoms with Crippen LogP contribution in [0.15, 0.2) is 217 Å². The van der Waals surface area contributed by atoms with Gasteiger partial charge in [-0.3, -0.25) is 0 Å². The fourth-order valence-electron chi connectivity index (χ4n) is 10.3. The summed E-state index contributed by atoms with van der Waals surface area (Å²) in [4.78, 5) is 12.8. The van der Waals surface area contributed by atoms with E-state index in [1.165, 1.54) is 59.1 Å². The zero-order chi connectivity index (χ0) is 43.9. The van der Waals surface area contributed by atoms with Gasteiger partial charge in [0.25, 0.3) is 0 Å². The number of para-hydroxylation sites is 1. The zero-order valence-corrected chi connectivity index (χ0v) is 37.2. The summed E-state index contributed by atoms with van der Waals surface area (Å²) in [7, 11) is 0. The van der Waals surface area contributed by atoms with E-state index in [-0.39, 0.29) is 5.41 Å². The quantitative estimate of drug-likeness (QED) is 0.160. The maximum absolute atomic E-state index is 6.41. The molecule has 0 amide bonds. The molecule has 1 aliphatic rings. The van der Waals surface area contributed by atoms with Crippen molar-refractivity contribution in [3.05, 3.63) is 223 Å². The van der Waals surface area contributed by atoms with E-state index in [1.807, 2.05) is 47.7 Å². The third-order valence-corrected chi connectivity index (χ3v) is 14.6. The summed E-state index contributed by atoms with van der Waals surface area (Å²) in [5.74, 6) is 0.664. The second-order valence-corrected chi connectivity index (χ2v) is 18.8. The minimum atomic E-state index is -0.126. The predicted molar refractivity (Wildman–Crippen MR) is 276 cm³/mol. The van der Waals surface area contributed by atoms with Crippen molar-refractivity contribution in [1.29, 1.82) is 0 Å². The van der Waals surface area contributed by atoms with E-state index in [1.54, 1.807) is 0 Å². The molecular weight excluding hydrogens is 823 g/mol. The molecule has 13 rings (SSSR count). The fourth-order valence-corrected chi connectivity index (χ4v) is 11.4. The highest BCUT2D eigenvalue weighted by Gasteiger charge is 2.36. The Morgan fingerprint density at radius 2 is 1.09 bits per heavy atom. The summed E-state index contributed by atoms with van der Waals surface area (Å²) >= 11 is 1.85. The third kappa shape index (κ3) is 6.12. The van der Waals surface area contributed by atoms with Crippen molar-refractivity contribution in [2.24, 2.45) is 0 Å². The van der Waals surface area contributed by atoms with Gasteiger partial charge in [-0.1, -0.05) is 166 Å². The summed E-state index contributed by atoms with van der Waals surface area (Å²) in [5, 5.41) is 3.46. The first-order valence-corrected chi connectivity index (χ1v) is 23.3. The second-order valence-electron chi connectivity index (χ2n) is 17.7. The van der Waals surface area contributed by atoms with Gasteiger partial charge in [-0.2, -0.15) is 0 Å². The number of rotatable bonds is 7. The van der Waals surface area contributed by atoms with E-state index in [2.05, 4.69) is 195 Å². The maximum atomic E-state index is 6.41. The highest BCUT2D eigenvalue weighted by Crippen LogP contribution is 2.51. The molecule has 66 heavy (non-hydrogen) atoms. The van der Waals surface area contributed by atoms with Gasteiger partial charge in [0.05, 0.1) is 0 Å². The Bertz CT molecular complexity index is 3870. The lowest BCUT2D eigenvalue weighted by Crippen LogP contribution is -2.16. The molecule has 9 aromatic carbocycles. The van der Waals surface area contributed by atoms with Gasteiger partial charge in [0, 0.05) is 59.2 Å². The Kier molecular flexibility index (Phi) is 8.71. The van der Waals surface area contributed by atoms with Crippen molar-refractivity contribution < 1.29 is 4.42 Å². The lowest BCUT2D eigenvalue weighted by atomic mass is 9.82. The van der Waals surface area contributed by atoms with Crippen LogP contribution in [0.25, 0.3) is 98.3 Å². The van der Waals surface area contributed by atoms with Crippen molar-refractivity contribution >= 4 is 70.6 Å².